The van der Waals surface area contributed by atoms with E-state index in [0.717, 1.165) is 107 Å². The van der Waals surface area contributed by atoms with Crippen LogP contribution < -0.4 is 18.9 Å². The molecule has 12 rings (SSSR count). The van der Waals surface area contributed by atoms with Gasteiger partial charge in [0, 0.05) is 11.1 Å². The molecule has 544 valence electrons. The number of benzene rings is 8. The van der Waals surface area contributed by atoms with Gasteiger partial charge in [-0.15, -0.1) is 0 Å². The summed E-state index contributed by atoms with van der Waals surface area (Å²) in [6.45, 7) is 13.6. The number of phenolic OH excluding ortho intramolecular Hbond substituents is 2. The lowest BCUT2D eigenvalue weighted by molar-refractivity contribution is -0.142. The Morgan fingerprint density at radius 3 is 0.961 bits per heavy atom. The normalized spacial score (nSPS) is 15.7. The van der Waals surface area contributed by atoms with Crippen LogP contribution in [-0.2, 0) is 87.9 Å². The minimum atomic E-state index is -0.274. The second-order valence-electron chi connectivity index (χ2n) is 28.1. The summed E-state index contributed by atoms with van der Waals surface area (Å²) >= 11 is 0. The number of carbonyl (C=O) groups excluding carboxylic acids is 4. The zero-order valence-corrected chi connectivity index (χ0v) is 59.6. The number of hydrogen-bond acceptors (Lipinski definition) is 14. The fraction of sp³-hybridized carbons (Fsp3) is 0.395. The van der Waals surface area contributed by atoms with Crippen molar-refractivity contribution < 1.29 is 76.1 Å². The molecule has 0 amide bonds. The Morgan fingerprint density at radius 1 is 0.373 bits per heavy atom. The van der Waals surface area contributed by atoms with Crippen LogP contribution in [0.1, 0.15) is 198 Å². The molecule has 0 heterocycles. The standard InChI is InChI=1S/2C30H33FO4.2C12H14O3.2CH4/c2*1-30(2,3)27-14-19(6-11-25(27)26-17-22(33-4)10-13-28(26)31)18-35-23-9-12-24-20(15-23)7-8-21(24)16-29(32)34-5;2*1-15-12(14)7-9-3-2-8-6-10(13)4-5-11(8)9;;/h2*6,9-15,17,21H,7-8,16,18H2,1-5H3;2*4-6,9,13H,2-3,7H2,1H3;2*1H4/t2*21-;2*9-;;/m1010../s1. The molecule has 0 radical (unpaired) electrons. The first-order valence-electron chi connectivity index (χ1n) is 34.2. The van der Waals surface area contributed by atoms with Crippen LogP contribution in [0.15, 0.2) is 146 Å². The monoisotopic (exact) mass is 1400 g/mol. The molecule has 0 aromatic heterocycles. The van der Waals surface area contributed by atoms with Gasteiger partial charge in [0.05, 0.1) is 68.3 Å². The number of aryl methyl sites for hydroxylation is 4. The lowest BCUT2D eigenvalue weighted by Crippen LogP contribution is -2.14. The van der Waals surface area contributed by atoms with Crippen LogP contribution in [0, 0.1) is 11.6 Å². The first-order valence-corrected chi connectivity index (χ1v) is 34.2. The third kappa shape index (κ3) is 20.3. The molecular formula is C86H102F2O14. The van der Waals surface area contributed by atoms with Crippen LogP contribution in [0.5, 0.6) is 34.5 Å². The van der Waals surface area contributed by atoms with Crippen LogP contribution >= 0.6 is 0 Å². The van der Waals surface area contributed by atoms with E-state index < -0.39 is 0 Å². The predicted molar refractivity (Wildman–Crippen MR) is 396 cm³/mol. The van der Waals surface area contributed by atoms with E-state index in [1.165, 1.54) is 74.0 Å². The fourth-order valence-corrected chi connectivity index (χ4v) is 14.0. The van der Waals surface area contributed by atoms with E-state index in [-0.39, 0.29) is 84.9 Å². The number of carbonyl (C=O) groups is 4. The van der Waals surface area contributed by atoms with Crippen LogP contribution in [0.3, 0.4) is 0 Å². The van der Waals surface area contributed by atoms with Crippen LogP contribution in [-0.4, -0.2) is 76.7 Å². The molecule has 0 saturated carbocycles. The molecule has 0 spiro atoms. The number of methoxy groups -OCH3 is 6. The molecule has 0 fully saturated rings. The summed E-state index contributed by atoms with van der Waals surface area (Å²) in [6, 6.07) is 44.7. The van der Waals surface area contributed by atoms with E-state index in [4.69, 9.17) is 28.4 Å². The molecule has 0 aliphatic heterocycles. The summed E-state index contributed by atoms with van der Waals surface area (Å²) in [5.74, 6) is 3.18. The maximum Gasteiger partial charge on any atom is 0.306 e. The van der Waals surface area contributed by atoms with Crippen molar-refractivity contribution in [3.8, 4) is 56.8 Å². The minimum absolute atomic E-state index is 0. The zero-order chi connectivity index (χ0) is 72.0. The summed E-state index contributed by atoms with van der Waals surface area (Å²) in [5, 5.41) is 18.6. The smallest absolute Gasteiger partial charge is 0.306 e. The largest absolute Gasteiger partial charge is 0.508 e. The van der Waals surface area contributed by atoms with Crippen molar-refractivity contribution in [1.82, 2.24) is 0 Å². The summed E-state index contributed by atoms with van der Waals surface area (Å²) < 4.78 is 71.4. The molecule has 0 saturated heterocycles. The number of esters is 4. The fourth-order valence-electron chi connectivity index (χ4n) is 14.0. The first kappa shape index (κ1) is 79.6. The first-order chi connectivity index (χ1) is 47.8. The van der Waals surface area contributed by atoms with Gasteiger partial charge in [-0.1, -0.05) is 117 Å². The average Bonchev–Trinajstić information content (AvgIpc) is 1.36. The van der Waals surface area contributed by atoms with E-state index in [2.05, 4.69) is 87.4 Å². The van der Waals surface area contributed by atoms with Crippen molar-refractivity contribution in [3.63, 3.8) is 0 Å². The molecule has 14 nitrogen and oxygen atoms in total. The maximum absolute atomic E-state index is 14.8. The highest BCUT2D eigenvalue weighted by Gasteiger charge is 2.30. The highest BCUT2D eigenvalue weighted by Crippen LogP contribution is 2.44. The van der Waals surface area contributed by atoms with Gasteiger partial charge in [0.2, 0.25) is 0 Å². The third-order valence-electron chi connectivity index (χ3n) is 19.4. The van der Waals surface area contributed by atoms with Gasteiger partial charge in [0.25, 0.3) is 0 Å². The predicted octanol–water partition coefficient (Wildman–Crippen LogP) is 19.2. The Bertz CT molecular complexity index is 3950. The Balaban J connectivity index is 0.000000203. The number of fused-ring (bicyclic) bond motifs is 4. The van der Waals surface area contributed by atoms with Crippen molar-refractivity contribution in [2.45, 2.75) is 181 Å². The van der Waals surface area contributed by atoms with Crippen molar-refractivity contribution in [2.24, 2.45) is 0 Å². The third-order valence-corrected chi connectivity index (χ3v) is 19.4. The van der Waals surface area contributed by atoms with Gasteiger partial charge in [0.1, 0.15) is 59.3 Å². The van der Waals surface area contributed by atoms with Crippen molar-refractivity contribution >= 4 is 23.9 Å². The lowest BCUT2D eigenvalue weighted by atomic mass is 9.81. The van der Waals surface area contributed by atoms with E-state index in [0.29, 0.717) is 73.0 Å². The Morgan fingerprint density at radius 2 is 0.667 bits per heavy atom. The number of rotatable bonds is 18. The number of aromatic hydroxyl groups is 2. The topological polar surface area (TPSA) is 183 Å². The molecule has 102 heavy (non-hydrogen) atoms. The van der Waals surface area contributed by atoms with Gasteiger partial charge >= 0.3 is 23.9 Å². The van der Waals surface area contributed by atoms with Gasteiger partial charge in [-0.2, -0.15) is 0 Å². The van der Waals surface area contributed by atoms with E-state index in [1.54, 1.807) is 62.8 Å². The summed E-state index contributed by atoms with van der Waals surface area (Å²) in [4.78, 5) is 45.7. The molecule has 16 heteroatoms. The van der Waals surface area contributed by atoms with Gasteiger partial charge in [-0.05, 0) is 249 Å². The molecule has 8 aromatic rings. The van der Waals surface area contributed by atoms with Gasteiger partial charge in [-0.25, -0.2) is 8.78 Å². The van der Waals surface area contributed by atoms with Crippen molar-refractivity contribution in [1.29, 1.82) is 0 Å². The van der Waals surface area contributed by atoms with E-state index in [1.807, 2.05) is 48.5 Å². The molecule has 0 unspecified atom stereocenters. The molecular weight excluding hydrogens is 1290 g/mol. The van der Waals surface area contributed by atoms with Crippen molar-refractivity contribution in [2.75, 3.05) is 42.7 Å². The maximum atomic E-state index is 14.8. The van der Waals surface area contributed by atoms with Gasteiger partial charge < -0.3 is 48.1 Å². The van der Waals surface area contributed by atoms with E-state index >= 15 is 0 Å². The summed E-state index contributed by atoms with van der Waals surface area (Å²) in [7, 11) is 8.85. The van der Waals surface area contributed by atoms with E-state index in [9.17, 15) is 38.2 Å². The zero-order valence-electron chi connectivity index (χ0n) is 59.6. The van der Waals surface area contributed by atoms with Crippen LogP contribution in [0.4, 0.5) is 8.78 Å². The van der Waals surface area contributed by atoms with Gasteiger partial charge in [0.15, 0.2) is 0 Å². The quantitative estimate of drug-likeness (QED) is 0.0611. The SMILES string of the molecule is C.C.COC(=O)C[C@@H]1CCc2cc(O)ccc21.COC(=O)C[C@@H]1CCc2cc(OCc3ccc(-c4cc(OC)ccc4F)c(C(C)(C)C)c3)ccc21.COC(=O)C[C@H]1CCc2cc(O)ccc21.COC(=O)C[C@H]1CCc2cc(OCc3ccc(-c4cc(OC)ccc4F)c(C(C)(C)C)c3)ccc21. The second kappa shape index (κ2) is 35.8. The highest BCUT2D eigenvalue weighted by molar-refractivity contribution is 5.75. The Kier molecular flexibility index (Phi) is 27.9. The molecule has 2 N–H and O–H groups in total. The summed E-state index contributed by atoms with van der Waals surface area (Å²) in [5.41, 5.74) is 16.1. The lowest BCUT2D eigenvalue weighted by Gasteiger charge is -2.24. The number of halogens is 2. The molecule has 8 aromatic carbocycles. The molecule has 4 aliphatic carbocycles. The molecule has 0 bridgehead atoms. The Hall–Kier alpha value is -9.70. The number of phenols is 2. The molecule has 4 aliphatic rings. The Labute approximate surface area is 601 Å². The summed E-state index contributed by atoms with van der Waals surface area (Å²) in [6.07, 6.45) is 9.28. The second-order valence-corrected chi connectivity index (χ2v) is 28.1. The molecule has 4 atom stereocenters. The minimum Gasteiger partial charge on any atom is -0.508 e. The van der Waals surface area contributed by atoms with Crippen LogP contribution in [0.25, 0.3) is 22.3 Å². The van der Waals surface area contributed by atoms with Crippen LogP contribution in [0.2, 0.25) is 0 Å². The number of ether oxygens (including phenoxy) is 8. The highest BCUT2D eigenvalue weighted by atomic mass is 19.1. The number of hydrogen-bond donors (Lipinski definition) is 2. The van der Waals surface area contributed by atoms with Crippen molar-refractivity contribution in [3.05, 3.63) is 224 Å². The van der Waals surface area contributed by atoms with Gasteiger partial charge in [-0.3, -0.25) is 19.2 Å². The average molecular weight is 1400 g/mol.